The highest BCUT2D eigenvalue weighted by atomic mass is 28.3. The van der Waals surface area contributed by atoms with Crippen LogP contribution in [0, 0.1) is 5.92 Å². The molecular weight excluding hydrogens is 627 g/mol. The summed E-state index contributed by atoms with van der Waals surface area (Å²) in [5.74, 6) is 0.185. The van der Waals surface area contributed by atoms with Crippen molar-refractivity contribution in [1.82, 2.24) is 4.90 Å². The molecule has 0 aromatic heterocycles. The van der Waals surface area contributed by atoms with Crippen LogP contribution in [0.15, 0.2) is 66.7 Å². The van der Waals surface area contributed by atoms with Crippen LogP contribution in [0.2, 0.25) is 18.6 Å². The molecule has 7 rings (SSSR count). The molecule has 3 aromatic rings. The maximum Gasteiger partial charge on any atom is 0.414 e. The molecule has 252 valence electrons. The number of carbonyl (C=O) groups is 3. The zero-order valence-electron chi connectivity index (χ0n) is 28.1. The first kappa shape index (κ1) is 32.4. The second kappa shape index (κ2) is 12.0. The maximum atomic E-state index is 14.5. The molecule has 11 heteroatoms. The Morgan fingerprint density at radius 3 is 2.46 bits per heavy atom. The van der Waals surface area contributed by atoms with Crippen LogP contribution < -0.4 is 19.7 Å². The number of nitrogens with zero attached hydrogens (tertiary/aromatic N) is 3. The summed E-state index contributed by atoms with van der Waals surface area (Å²) in [7, 11) is 0.919. The molecule has 0 radical (unpaired) electrons. The lowest BCUT2D eigenvalue weighted by atomic mass is 9.82. The average Bonchev–Trinajstić information content (AvgIpc) is 3.72. The summed E-state index contributed by atoms with van der Waals surface area (Å²) in [6.45, 7) is 7.65. The van der Waals surface area contributed by atoms with Crippen molar-refractivity contribution in [2.45, 2.75) is 62.7 Å². The van der Waals surface area contributed by atoms with Crippen molar-refractivity contribution in [3.8, 4) is 5.75 Å². The fourth-order valence-electron chi connectivity index (χ4n) is 8.73. The zero-order chi connectivity index (χ0) is 34.0. The van der Waals surface area contributed by atoms with E-state index in [0.29, 0.717) is 37.4 Å². The Morgan fingerprint density at radius 1 is 1.06 bits per heavy atom. The van der Waals surface area contributed by atoms with Crippen LogP contribution in [0.4, 0.5) is 16.2 Å². The molecule has 2 saturated heterocycles. The Morgan fingerprint density at radius 2 is 1.79 bits per heavy atom. The fraction of sp³-hybridized carbons (Fsp3) is 0.432. The van der Waals surface area contributed by atoms with Crippen LogP contribution in [-0.2, 0) is 37.6 Å². The summed E-state index contributed by atoms with van der Waals surface area (Å²) < 4.78 is 17.8. The number of hydrogen-bond donors (Lipinski definition) is 1. The van der Waals surface area contributed by atoms with Crippen LogP contribution in [0.3, 0.4) is 0 Å². The number of amides is 3. The molecule has 48 heavy (non-hydrogen) atoms. The van der Waals surface area contributed by atoms with E-state index >= 15 is 0 Å². The summed E-state index contributed by atoms with van der Waals surface area (Å²) in [5.41, 5.74) is 2.82. The van der Waals surface area contributed by atoms with Gasteiger partial charge in [0.15, 0.2) is 5.60 Å². The first-order valence-corrected chi connectivity index (χ1v) is 19.8. The second-order valence-corrected chi connectivity index (χ2v) is 18.7. The number of benzene rings is 3. The van der Waals surface area contributed by atoms with Gasteiger partial charge in [0.2, 0.25) is 5.91 Å². The van der Waals surface area contributed by atoms with Crippen LogP contribution in [-0.4, -0.2) is 82.0 Å². The van der Waals surface area contributed by atoms with Gasteiger partial charge in [-0.05, 0) is 53.4 Å². The number of methoxy groups -OCH3 is 1. The monoisotopic (exact) mass is 669 g/mol. The third kappa shape index (κ3) is 4.93. The van der Waals surface area contributed by atoms with Gasteiger partial charge in [0.1, 0.15) is 12.4 Å². The van der Waals surface area contributed by atoms with E-state index in [2.05, 4.69) is 38.2 Å². The molecule has 0 unspecified atom stereocenters. The molecule has 0 bridgehead atoms. The predicted molar refractivity (Wildman–Crippen MR) is 184 cm³/mol. The van der Waals surface area contributed by atoms with Gasteiger partial charge in [0.05, 0.1) is 52.6 Å². The quantitative estimate of drug-likeness (QED) is 0.376. The number of cyclic esters (lactones) is 1. The molecule has 2 fully saturated rings. The van der Waals surface area contributed by atoms with E-state index in [9.17, 15) is 19.5 Å². The first-order chi connectivity index (χ1) is 23.0. The van der Waals surface area contributed by atoms with Crippen molar-refractivity contribution in [3.05, 3.63) is 83.4 Å². The van der Waals surface area contributed by atoms with Gasteiger partial charge in [-0.1, -0.05) is 61.6 Å². The van der Waals surface area contributed by atoms with E-state index in [-0.39, 0.29) is 42.3 Å². The fourth-order valence-corrected chi connectivity index (χ4v) is 12.7. The van der Waals surface area contributed by atoms with Crippen LogP contribution in [0.25, 0.3) is 0 Å². The number of rotatable bonds is 7. The maximum absolute atomic E-state index is 14.5. The van der Waals surface area contributed by atoms with Gasteiger partial charge in [-0.2, -0.15) is 0 Å². The lowest BCUT2D eigenvalue weighted by molar-refractivity contribution is -0.150. The molecule has 0 saturated carbocycles. The van der Waals surface area contributed by atoms with E-state index in [1.54, 1.807) is 28.9 Å². The molecule has 0 aliphatic carbocycles. The van der Waals surface area contributed by atoms with Gasteiger partial charge in [-0.25, -0.2) is 4.79 Å². The first-order valence-electron chi connectivity index (χ1n) is 16.7. The van der Waals surface area contributed by atoms with Crippen molar-refractivity contribution in [1.29, 1.82) is 0 Å². The van der Waals surface area contributed by atoms with Crippen LogP contribution >= 0.6 is 0 Å². The van der Waals surface area contributed by atoms with E-state index in [1.165, 1.54) is 5.19 Å². The van der Waals surface area contributed by atoms with Gasteiger partial charge in [-0.3, -0.25) is 14.5 Å². The molecule has 3 aromatic carbocycles. The molecule has 4 heterocycles. The van der Waals surface area contributed by atoms with Crippen molar-refractivity contribution in [2.24, 2.45) is 5.92 Å². The largest absolute Gasteiger partial charge is 0.497 e. The smallest absolute Gasteiger partial charge is 0.414 e. The number of aliphatic hydroxyl groups is 1. The minimum Gasteiger partial charge on any atom is -0.497 e. The minimum atomic E-state index is -2.48. The summed E-state index contributed by atoms with van der Waals surface area (Å²) in [6, 6.07) is 21.4. The molecule has 5 atom stereocenters. The van der Waals surface area contributed by atoms with E-state index in [1.807, 2.05) is 48.5 Å². The Labute approximate surface area is 282 Å². The standard InChI is InChI=1S/C37H43N3O7Si/c1-23-34(48(4,5)29-13-11-28(45-3)12-14-29)32(20-33(42)40-21-25-9-7-6-8-24(25)18-27(40)22-41)47-37(23)30-19-26(39-16-17-46-36(39)44)10-15-31(30)38(2)35(37)43/h6-15,19,23,27,32,34,41H,16-18,20-22H2,1-5H3/t23-,27+,32+,34-,37+/m1/s1. The number of likely N-dealkylation sites (N-methyl/N-ethyl adjacent to an activating group) is 1. The summed E-state index contributed by atoms with van der Waals surface area (Å²) in [4.78, 5) is 46.4. The van der Waals surface area contributed by atoms with Gasteiger partial charge in [0, 0.05) is 30.8 Å². The Bertz CT molecular complexity index is 1760. The van der Waals surface area contributed by atoms with Crippen molar-refractivity contribution < 1.29 is 33.7 Å². The van der Waals surface area contributed by atoms with Crippen molar-refractivity contribution in [3.63, 3.8) is 0 Å². The number of aliphatic hydroxyl groups excluding tert-OH is 1. The van der Waals surface area contributed by atoms with Crippen LogP contribution in [0.1, 0.15) is 30.0 Å². The molecule has 1 spiro atoms. The van der Waals surface area contributed by atoms with Crippen molar-refractivity contribution in [2.75, 3.05) is 43.7 Å². The highest BCUT2D eigenvalue weighted by Gasteiger charge is 2.66. The van der Waals surface area contributed by atoms with E-state index in [4.69, 9.17) is 14.2 Å². The number of fused-ring (bicyclic) bond motifs is 3. The van der Waals surface area contributed by atoms with Crippen molar-refractivity contribution >= 4 is 42.5 Å². The molecular formula is C37H43N3O7Si. The Balaban J connectivity index is 1.30. The normalized spacial score (nSPS) is 26.6. The number of carbonyl (C=O) groups excluding carboxylic acids is 3. The summed E-state index contributed by atoms with van der Waals surface area (Å²) >= 11 is 0. The average molecular weight is 670 g/mol. The number of hydrogen-bond acceptors (Lipinski definition) is 7. The number of anilines is 2. The van der Waals surface area contributed by atoms with Gasteiger partial charge < -0.3 is 29.1 Å². The molecule has 4 aliphatic heterocycles. The SMILES string of the molecule is COc1ccc([Si](C)(C)[C@H]2[C@H](CC(=O)N3Cc4ccccc4C[C@H]3CO)O[C@@]3(C(=O)N(C)c4ccc(N5CCOC5=O)cc43)[C@@H]2C)cc1. The second-order valence-electron chi connectivity index (χ2n) is 14.0. The third-order valence-electron chi connectivity index (χ3n) is 11.3. The Kier molecular flexibility index (Phi) is 8.12. The molecule has 4 aliphatic rings. The summed E-state index contributed by atoms with van der Waals surface area (Å²) in [6.07, 6.45) is -0.334. The summed E-state index contributed by atoms with van der Waals surface area (Å²) in [5, 5.41) is 11.5. The highest BCUT2D eigenvalue weighted by molar-refractivity contribution is 6.91. The third-order valence-corrected chi connectivity index (χ3v) is 15.6. The number of ether oxygens (including phenoxy) is 3. The predicted octanol–water partition coefficient (Wildman–Crippen LogP) is 4.18. The van der Waals surface area contributed by atoms with Crippen LogP contribution in [0.5, 0.6) is 5.75 Å². The highest BCUT2D eigenvalue weighted by Crippen LogP contribution is 2.60. The molecule has 3 amide bonds. The minimum absolute atomic E-state index is 0.0759. The van der Waals surface area contributed by atoms with Gasteiger partial charge >= 0.3 is 6.09 Å². The molecule has 10 nitrogen and oxygen atoms in total. The Hall–Kier alpha value is -4.19. The van der Waals surface area contributed by atoms with Gasteiger partial charge in [0.25, 0.3) is 5.91 Å². The lowest BCUT2D eigenvalue weighted by Crippen LogP contribution is -2.52. The molecule has 1 N–H and O–H groups in total. The van der Waals surface area contributed by atoms with Gasteiger partial charge in [-0.15, -0.1) is 0 Å². The topological polar surface area (TPSA) is 109 Å². The lowest BCUT2D eigenvalue weighted by Gasteiger charge is -2.39. The van der Waals surface area contributed by atoms with E-state index < -0.39 is 25.9 Å². The van der Waals surface area contributed by atoms with E-state index in [0.717, 1.165) is 22.6 Å². The zero-order valence-corrected chi connectivity index (χ0v) is 29.1.